The SMILES string of the molecule is CN(Cc1ccc(Cl)s1)C(=O)c1ccc2cc[nH]c2c1. The molecule has 0 aliphatic heterocycles. The first kappa shape index (κ1) is 13.2. The maximum absolute atomic E-state index is 12.4. The highest BCUT2D eigenvalue weighted by Gasteiger charge is 2.13. The zero-order valence-corrected chi connectivity index (χ0v) is 12.5. The molecule has 1 aromatic carbocycles. The normalized spacial score (nSPS) is 10.9. The van der Waals surface area contributed by atoms with E-state index in [0.29, 0.717) is 12.1 Å². The second-order valence-corrected chi connectivity index (χ2v) is 6.45. The second-order valence-electron chi connectivity index (χ2n) is 4.65. The van der Waals surface area contributed by atoms with Crippen LogP contribution in [0.3, 0.4) is 0 Å². The topological polar surface area (TPSA) is 36.1 Å². The van der Waals surface area contributed by atoms with Gasteiger partial charge in [-0.15, -0.1) is 11.3 Å². The Morgan fingerprint density at radius 3 is 2.90 bits per heavy atom. The maximum atomic E-state index is 12.4. The van der Waals surface area contributed by atoms with Crippen molar-refractivity contribution in [2.24, 2.45) is 0 Å². The van der Waals surface area contributed by atoms with Crippen LogP contribution in [0.2, 0.25) is 4.34 Å². The van der Waals surface area contributed by atoms with E-state index >= 15 is 0 Å². The highest BCUT2D eigenvalue weighted by molar-refractivity contribution is 7.16. The fourth-order valence-electron chi connectivity index (χ4n) is 2.14. The Morgan fingerprint density at radius 2 is 2.15 bits per heavy atom. The van der Waals surface area contributed by atoms with Gasteiger partial charge in [-0.2, -0.15) is 0 Å². The minimum Gasteiger partial charge on any atom is -0.361 e. The van der Waals surface area contributed by atoms with Gasteiger partial charge in [0.25, 0.3) is 5.91 Å². The van der Waals surface area contributed by atoms with Crippen molar-refractivity contribution in [1.29, 1.82) is 0 Å². The van der Waals surface area contributed by atoms with Crippen LogP contribution in [0, 0.1) is 0 Å². The van der Waals surface area contributed by atoms with E-state index in [1.54, 1.807) is 11.9 Å². The molecule has 2 aromatic heterocycles. The van der Waals surface area contributed by atoms with Crippen molar-refractivity contribution < 1.29 is 4.79 Å². The number of aromatic nitrogens is 1. The van der Waals surface area contributed by atoms with Crippen LogP contribution in [0.5, 0.6) is 0 Å². The molecule has 0 saturated heterocycles. The first-order valence-corrected chi connectivity index (χ1v) is 7.40. The van der Waals surface area contributed by atoms with E-state index in [0.717, 1.165) is 20.1 Å². The minimum atomic E-state index is 0.00558. The van der Waals surface area contributed by atoms with Crippen LogP contribution in [-0.4, -0.2) is 22.8 Å². The summed E-state index contributed by atoms with van der Waals surface area (Å²) in [6.45, 7) is 0.568. The predicted octanol–water partition coefficient (Wildman–Crippen LogP) is 4.16. The lowest BCUT2D eigenvalue weighted by Gasteiger charge is -2.16. The van der Waals surface area contributed by atoms with Gasteiger partial charge < -0.3 is 9.88 Å². The quantitative estimate of drug-likeness (QED) is 0.775. The van der Waals surface area contributed by atoms with Gasteiger partial charge in [-0.25, -0.2) is 0 Å². The van der Waals surface area contributed by atoms with E-state index in [9.17, 15) is 4.79 Å². The van der Waals surface area contributed by atoms with Crippen molar-refractivity contribution in [1.82, 2.24) is 9.88 Å². The van der Waals surface area contributed by atoms with Crippen molar-refractivity contribution in [3.8, 4) is 0 Å². The standard InChI is InChI=1S/C15H13ClN2OS/c1-18(9-12-4-5-14(16)20-12)15(19)11-3-2-10-6-7-17-13(10)8-11/h2-8,17H,9H2,1H3. The molecule has 0 unspecified atom stereocenters. The Hall–Kier alpha value is -1.78. The number of hydrogen-bond donors (Lipinski definition) is 1. The first-order valence-electron chi connectivity index (χ1n) is 6.20. The zero-order chi connectivity index (χ0) is 14.1. The number of halogens is 1. The predicted molar refractivity (Wildman–Crippen MR) is 83.4 cm³/mol. The molecule has 0 radical (unpaired) electrons. The molecule has 3 nitrogen and oxygen atoms in total. The molecule has 0 saturated carbocycles. The summed E-state index contributed by atoms with van der Waals surface area (Å²) >= 11 is 7.40. The molecule has 0 fully saturated rings. The number of hydrogen-bond acceptors (Lipinski definition) is 2. The van der Waals surface area contributed by atoms with Crippen LogP contribution in [-0.2, 0) is 6.54 Å². The van der Waals surface area contributed by atoms with Crippen molar-refractivity contribution >= 4 is 39.7 Å². The largest absolute Gasteiger partial charge is 0.361 e. The number of nitrogens with zero attached hydrogens (tertiary/aromatic N) is 1. The number of amides is 1. The number of aromatic amines is 1. The van der Waals surface area contributed by atoms with E-state index < -0.39 is 0 Å². The summed E-state index contributed by atoms with van der Waals surface area (Å²) < 4.78 is 0.744. The van der Waals surface area contributed by atoms with Gasteiger partial charge in [0, 0.05) is 29.2 Å². The molecular weight excluding hydrogens is 292 g/mol. The lowest BCUT2D eigenvalue weighted by atomic mass is 10.1. The van der Waals surface area contributed by atoms with E-state index in [1.807, 2.05) is 42.6 Å². The fourth-order valence-corrected chi connectivity index (χ4v) is 3.28. The minimum absolute atomic E-state index is 0.00558. The number of thiophene rings is 1. The molecule has 102 valence electrons. The van der Waals surface area contributed by atoms with Crippen LogP contribution in [0.25, 0.3) is 10.9 Å². The number of benzene rings is 1. The Labute approximate surface area is 125 Å². The zero-order valence-electron chi connectivity index (χ0n) is 10.9. The molecule has 0 bridgehead atoms. The van der Waals surface area contributed by atoms with Crippen LogP contribution >= 0.6 is 22.9 Å². The Morgan fingerprint density at radius 1 is 1.30 bits per heavy atom. The first-order chi connectivity index (χ1) is 9.63. The highest BCUT2D eigenvalue weighted by Crippen LogP contribution is 2.23. The van der Waals surface area contributed by atoms with E-state index in [4.69, 9.17) is 11.6 Å². The molecule has 0 aliphatic carbocycles. The smallest absolute Gasteiger partial charge is 0.253 e. The molecule has 2 heterocycles. The van der Waals surface area contributed by atoms with Crippen LogP contribution < -0.4 is 0 Å². The summed E-state index contributed by atoms with van der Waals surface area (Å²) in [4.78, 5) is 18.3. The summed E-state index contributed by atoms with van der Waals surface area (Å²) in [5.41, 5.74) is 1.66. The van der Waals surface area contributed by atoms with Crippen molar-refractivity contribution in [2.45, 2.75) is 6.54 Å². The van der Waals surface area contributed by atoms with Gasteiger partial charge in [-0.05, 0) is 35.7 Å². The van der Waals surface area contributed by atoms with Crippen LogP contribution in [0.1, 0.15) is 15.2 Å². The highest BCUT2D eigenvalue weighted by atomic mass is 35.5. The number of fused-ring (bicyclic) bond motifs is 1. The average Bonchev–Trinajstić information content (AvgIpc) is 3.05. The summed E-state index contributed by atoms with van der Waals surface area (Å²) in [6, 6.07) is 11.5. The second kappa shape index (κ2) is 5.31. The third-order valence-electron chi connectivity index (χ3n) is 3.17. The molecule has 0 atom stereocenters. The van der Waals surface area contributed by atoms with Gasteiger partial charge in [0.2, 0.25) is 0 Å². The molecule has 3 rings (SSSR count). The molecule has 0 aliphatic rings. The number of rotatable bonds is 3. The molecule has 5 heteroatoms. The molecule has 1 amide bonds. The van der Waals surface area contributed by atoms with Crippen molar-refractivity contribution in [3.63, 3.8) is 0 Å². The van der Waals surface area contributed by atoms with Crippen molar-refractivity contribution in [3.05, 3.63) is 57.4 Å². The van der Waals surface area contributed by atoms with E-state index in [2.05, 4.69) is 4.98 Å². The third kappa shape index (κ3) is 2.57. The maximum Gasteiger partial charge on any atom is 0.253 e. The summed E-state index contributed by atoms with van der Waals surface area (Å²) in [5, 5.41) is 1.11. The molecule has 20 heavy (non-hydrogen) atoms. The Kier molecular flexibility index (Phi) is 3.51. The van der Waals surface area contributed by atoms with Gasteiger partial charge in [0.15, 0.2) is 0 Å². The van der Waals surface area contributed by atoms with Gasteiger partial charge >= 0.3 is 0 Å². The summed E-state index contributed by atoms with van der Waals surface area (Å²) in [6.07, 6.45) is 1.87. The Balaban J connectivity index is 1.80. The fraction of sp³-hybridized carbons (Fsp3) is 0.133. The van der Waals surface area contributed by atoms with Crippen molar-refractivity contribution in [2.75, 3.05) is 7.05 Å². The van der Waals surface area contributed by atoms with Crippen LogP contribution in [0.4, 0.5) is 0 Å². The average molecular weight is 305 g/mol. The van der Waals surface area contributed by atoms with Gasteiger partial charge in [-0.1, -0.05) is 17.7 Å². The van der Waals surface area contributed by atoms with Crippen LogP contribution in [0.15, 0.2) is 42.6 Å². The van der Waals surface area contributed by atoms with Gasteiger partial charge in [-0.3, -0.25) is 4.79 Å². The number of carbonyl (C=O) groups excluding carboxylic acids is 1. The molecule has 3 aromatic rings. The molecular formula is C15H13ClN2OS. The lowest BCUT2D eigenvalue weighted by molar-refractivity contribution is 0.0786. The Bertz CT molecular complexity index is 762. The third-order valence-corrected chi connectivity index (χ3v) is 4.39. The molecule has 1 N–H and O–H groups in total. The number of H-pyrrole nitrogens is 1. The number of carbonyl (C=O) groups is 1. The monoisotopic (exact) mass is 304 g/mol. The molecule has 0 spiro atoms. The van der Waals surface area contributed by atoms with E-state index in [1.165, 1.54) is 11.3 Å². The van der Waals surface area contributed by atoms with Gasteiger partial charge in [0.1, 0.15) is 0 Å². The number of nitrogens with one attached hydrogen (secondary N) is 1. The summed E-state index contributed by atoms with van der Waals surface area (Å²) in [7, 11) is 1.80. The lowest BCUT2D eigenvalue weighted by Crippen LogP contribution is -2.25. The summed E-state index contributed by atoms with van der Waals surface area (Å²) in [5.74, 6) is 0.00558. The van der Waals surface area contributed by atoms with Gasteiger partial charge in [0.05, 0.1) is 10.9 Å². The van der Waals surface area contributed by atoms with E-state index in [-0.39, 0.29) is 5.91 Å².